The van der Waals surface area contributed by atoms with Crippen molar-refractivity contribution in [2.75, 3.05) is 0 Å². The molecule has 0 fully saturated rings. The Labute approximate surface area is 134 Å². The minimum absolute atomic E-state index is 0.335. The van der Waals surface area contributed by atoms with E-state index >= 15 is 0 Å². The molecule has 0 radical (unpaired) electrons. The average Bonchev–Trinajstić information content (AvgIpc) is 2.36. The van der Waals surface area contributed by atoms with Gasteiger partial charge in [0.25, 0.3) is 0 Å². The number of halogens is 3. The van der Waals surface area contributed by atoms with E-state index in [1.54, 1.807) is 36.4 Å². The first kappa shape index (κ1) is 14.6. The second kappa shape index (κ2) is 6.09. The highest BCUT2D eigenvalue weighted by atomic mass is 79.9. The van der Waals surface area contributed by atoms with Crippen molar-refractivity contribution in [1.82, 2.24) is 0 Å². The fraction of sp³-hybridized carbons (Fsp3) is 0. The molecule has 2 aromatic rings. The summed E-state index contributed by atoms with van der Waals surface area (Å²) in [6.07, 6.45) is 0. The second-order valence-corrected chi connectivity index (χ2v) is 5.80. The molecule has 0 aliphatic carbocycles. The van der Waals surface area contributed by atoms with Gasteiger partial charge in [-0.3, -0.25) is 0 Å². The fourth-order valence-electron chi connectivity index (χ4n) is 1.40. The van der Waals surface area contributed by atoms with Gasteiger partial charge in [-0.05, 0) is 46.3 Å². The van der Waals surface area contributed by atoms with Gasteiger partial charge in [-0.15, -0.1) is 0 Å². The SMILES string of the molecule is NC(=S)c1ccc(Oc2ccc(Cl)c(Cl)c2)c(Br)c1. The van der Waals surface area contributed by atoms with Gasteiger partial charge in [0.1, 0.15) is 16.5 Å². The second-order valence-electron chi connectivity index (χ2n) is 3.69. The van der Waals surface area contributed by atoms with Gasteiger partial charge in [-0.2, -0.15) is 0 Å². The molecule has 0 aliphatic heterocycles. The Morgan fingerprint density at radius 2 is 1.84 bits per heavy atom. The number of benzene rings is 2. The molecule has 2 rings (SSSR count). The zero-order valence-electron chi connectivity index (χ0n) is 9.49. The Bertz CT molecular complexity index is 649. The molecule has 19 heavy (non-hydrogen) atoms. The molecule has 6 heteroatoms. The third-order valence-corrected chi connectivity index (χ3v) is 3.93. The first-order valence-corrected chi connectivity index (χ1v) is 7.15. The summed E-state index contributed by atoms with van der Waals surface area (Å²) in [7, 11) is 0. The van der Waals surface area contributed by atoms with E-state index in [2.05, 4.69) is 15.9 Å². The predicted octanol–water partition coefficient (Wildman–Crippen LogP) is 5.18. The molecule has 0 amide bonds. The van der Waals surface area contributed by atoms with E-state index in [0.29, 0.717) is 26.5 Å². The van der Waals surface area contributed by atoms with Crippen LogP contribution in [0.1, 0.15) is 5.56 Å². The Morgan fingerprint density at radius 3 is 2.42 bits per heavy atom. The van der Waals surface area contributed by atoms with Crippen molar-refractivity contribution in [2.45, 2.75) is 0 Å². The zero-order chi connectivity index (χ0) is 14.0. The molecule has 2 N–H and O–H groups in total. The first-order valence-electron chi connectivity index (χ1n) is 5.19. The summed E-state index contributed by atoms with van der Waals surface area (Å²) in [6.45, 7) is 0. The van der Waals surface area contributed by atoms with Crippen molar-refractivity contribution >= 4 is 56.3 Å². The lowest BCUT2D eigenvalue weighted by atomic mass is 10.2. The van der Waals surface area contributed by atoms with Crippen LogP contribution in [-0.4, -0.2) is 4.99 Å². The third kappa shape index (κ3) is 3.60. The maximum Gasteiger partial charge on any atom is 0.141 e. The van der Waals surface area contributed by atoms with E-state index in [-0.39, 0.29) is 0 Å². The van der Waals surface area contributed by atoms with Gasteiger partial charge in [0.05, 0.1) is 14.5 Å². The van der Waals surface area contributed by atoms with Crippen molar-refractivity contribution < 1.29 is 4.74 Å². The van der Waals surface area contributed by atoms with Crippen LogP contribution in [0.4, 0.5) is 0 Å². The van der Waals surface area contributed by atoms with Crippen LogP contribution in [0.15, 0.2) is 40.9 Å². The number of ether oxygens (including phenoxy) is 1. The molecule has 0 saturated heterocycles. The minimum atomic E-state index is 0.335. The molecule has 0 bridgehead atoms. The molecule has 0 spiro atoms. The van der Waals surface area contributed by atoms with Gasteiger partial charge in [-0.25, -0.2) is 0 Å². The number of nitrogens with two attached hydrogens (primary N) is 1. The third-order valence-electron chi connectivity index (χ3n) is 2.34. The minimum Gasteiger partial charge on any atom is -0.456 e. The zero-order valence-corrected chi connectivity index (χ0v) is 13.4. The van der Waals surface area contributed by atoms with Crippen LogP contribution in [0.3, 0.4) is 0 Å². The molecular weight excluding hydrogens is 369 g/mol. The Morgan fingerprint density at radius 1 is 1.11 bits per heavy atom. The van der Waals surface area contributed by atoms with Crippen molar-refractivity contribution in [3.63, 3.8) is 0 Å². The molecule has 2 nitrogen and oxygen atoms in total. The monoisotopic (exact) mass is 375 g/mol. The molecule has 2 aromatic carbocycles. The van der Waals surface area contributed by atoms with Gasteiger partial charge in [0, 0.05) is 11.6 Å². The smallest absolute Gasteiger partial charge is 0.141 e. The average molecular weight is 377 g/mol. The number of thiocarbonyl (C=S) groups is 1. The van der Waals surface area contributed by atoms with Gasteiger partial charge in [0.15, 0.2) is 0 Å². The van der Waals surface area contributed by atoms with Crippen molar-refractivity contribution in [3.8, 4) is 11.5 Å². The molecule has 0 saturated carbocycles. The lowest BCUT2D eigenvalue weighted by Gasteiger charge is -2.09. The highest BCUT2D eigenvalue weighted by molar-refractivity contribution is 9.10. The van der Waals surface area contributed by atoms with Crippen LogP contribution in [0, 0.1) is 0 Å². The van der Waals surface area contributed by atoms with Crippen LogP contribution in [0.5, 0.6) is 11.5 Å². The Kier molecular flexibility index (Phi) is 4.68. The molecule has 0 aromatic heterocycles. The molecular formula is C13H8BrCl2NOS. The van der Waals surface area contributed by atoms with E-state index in [1.807, 2.05) is 0 Å². The standard InChI is InChI=1S/C13H8BrCl2NOS/c14-9-5-7(13(17)19)1-4-12(9)18-8-2-3-10(15)11(16)6-8/h1-6H,(H2,17,19). The van der Waals surface area contributed by atoms with E-state index in [9.17, 15) is 0 Å². The summed E-state index contributed by atoms with van der Waals surface area (Å²) in [5.41, 5.74) is 6.33. The Hall–Kier alpha value is -0.810. The summed E-state index contributed by atoms with van der Waals surface area (Å²) >= 11 is 20.1. The van der Waals surface area contributed by atoms with E-state index in [4.69, 9.17) is 45.9 Å². The summed E-state index contributed by atoms with van der Waals surface area (Å²) in [4.78, 5) is 0.335. The lowest BCUT2D eigenvalue weighted by Crippen LogP contribution is -2.08. The van der Waals surface area contributed by atoms with Crippen LogP contribution >= 0.6 is 51.3 Å². The number of rotatable bonds is 3. The molecule has 0 aliphatic rings. The molecule has 0 heterocycles. The van der Waals surface area contributed by atoms with E-state index < -0.39 is 0 Å². The van der Waals surface area contributed by atoms with Crippen molar-refractivity contribution in [3.05, 3.63) is 56.5 Å². The van der Waals surface area contributed by atoms with Crippen LogP contribution in [0.2, 0.25) is 10.0 Å². The molecule has 0 unspecified atom stereocenters. The summed E-state index contributed by atoms with van der Waals surface area (Å²) < 4.78 is 6.46. The fourth-order valence-corrected chi connectivity index (χ4v) is 2.28. The number of hydrogen-bond acceptors (Lipinski definition) is 2. The molecule has 98 valence electrons. The van der Waals surface area contributed by atoms with Crippen LogP contribution in [-0.2, 0) is 0 Å². The highest BCUT2D eigenvalue weighted by Gasteiger charge is 2.07. The maximum atomic E-state index is 5.93. The summed E-state index contributed by atoms with van der Waals surface area (Å²) in [5.74, 6) is 1.23. The highest BCUT2D eigenvalue weighted by Crippen LogP contribution is 2.33. The summed E-state index contributed by atoms with van der Waals surface area (Å²) in [6, 6.07) is 10.4. The predicted molar refractivity (Wildman–Crippen MR) is 86.6 cm³/mol. The van der Waals surface area contributed by atoms with Crippen LogP contribution < -0.4 is 10.5 Å². The van der Waals surface area contributed by atoms with Crippen molar-refractivity contribution in [2.24, 2.45) is 5.73 Å². The number of hydrogen-bond donors (Lipinski definition) is 1. The largest absolute Gasteiger partial charge is 0.456 e. The quantitative estimate of drug-likeness (QED) is 0.749. The van der Waals surface area contributed by atoms with E-state index in [1.165, 1.54) is 0 Å². The normalized spacial score (nSPS) is 10.3. The van der Waals surface area contributed by atoms with Crippen molar-refractivity contribution in [1.29, 1.82) is 0 Å². The van der Waals surface area contributed by atoms with Gasteiger partial charge in [-0.1, -0.05) is 35.4 Å². The first-order chi connectivity index (χ1) is 8.97. The van der Waals surface area contributed by atoms with Gasteiger partial charge in [0.2, 0.25) is 0 Å². The van der Waals surface area contributed by atoms with Crippen LogP contribution in [0.25, 0.3) is 0 Å². The topological polar surface area (TPSA) is 35.2 Å². The van der Waals surface area contributed by atoms with E-state index in [0.717, 1.165) is 10.0 Å². The Balaban J connectivity index is 2.28. The molecule has 0 atom stereocenters. The van der Waals surface area contributed by atoms with Gasteiger partial charge >= 0.3 is 0 Å². The van der Waals surface area contributed by atoms with Gasteiger partial charge < -0.3 is 10.5 Å². The lowest BCUT2D eigenvalue weighted by molar-refractivity contribution is 0.479. The summed E-state index contributed by atoms with van der Waals surface area (Å²) in [5, 5.41) is 0.923. The maximum absolute atomic E-state index is 5.93.